The molecule has 0 aliphatic rings. The molecule has 2 aromatic rings. The molecule has 0 radical (unpaired) electrons. The van der Waals surface area contributed by atoms with E-state index >= 15 is 0 Å². The van der Waals surface area contributed by atoms with E-state index in [1.54, 1.807) is 6.92 Å². The van der Waals surface area contributed by atoms with E-state index in [9.17, 15) is 4.79 Å². The molecule has 0 unspecified atom stereocenters. The third kappa shape index (κ3) is 2.24. The number of carbonyl (C=O) groups excluding carboxylic acids is 1. The van der Waals surface area contributed by atoms with Crippen LogP contribution in [0.25, 0.3) is 0 Å². The Bertz CT molecular complexity index is 492. The smallest absolute Gasteiger partial charge is 0.269 e. The minimum absolute atomic E-state index is 0.212. The molecule has 0 saturated heterocycles. The van der Waals surface area contributed by atoms with Crippen LogP contribution >= 0.6 is 27.3 Å². The minimum atomic E-state index is -0.212. The number of amides is 1. The lowest BCUT2D eigenvalue weighted by Gasteiger charge is -1.97. The largest absolute Gasteiger partial charge is 0.288 e. The van der Waals surface area contributed by atoms with E-state index in [0.29, 0.717) is 10.7 Å². The number of rotatable bonds is 2. The van der Waals surface area contributed by atoms with Crippen molar-refractivity contribution in [3.8, 4) is 0 Å². The molecule has 0 aliphatic carbocycles. The standard InChI is InChI=1S/C8H7BrN4OS/c1-4-10-8(13-12-4)11-7(14)6-5(9)2-3-15-6/h2-3H,1H3,(H2,10,11,12,13,14). The Morgan fingerprint density at radius 3 is 3.00 bits per heavy atom. The Kier molecular flexibility index (Phi) is 2.83. The SMILES string of the molecule is Cc1nc(NC(=O)c2sccc2Br)n[nH]1. The lowest BCUT2D eigenvalue weighted by molar-refractivity contribution is 0.102. The van der Waals surface area contributed by atoms with E-state index < -0.39 is 0 Å². The highest BCUT2D eigenvalue weighted by molar-refractivity contribution is 9.10. The van der Waals surface area contributed by atoms with Gasteiger partial charge in [0.15, 0.2) is 0 Å². The fraction of sp³-hybridized carbons (Fsp3) is 0.125. The van der Waals surface area contributed by atoms with Crippen molar-refractivity contribution in [2.75, 3.05) is 5.32 Å². The number of halogens is 1. The highest BCUT2D eigenvalue weighted by Crippen LogP contribution is 2.23. The topological polar surface area (TPSA) is 70.7 Å². The van der Waals surface area contributed by atoms with Crippen LogP contribution in [-0.4, -0.2) is 21.1 Å². The van der Waals surface area contributed by atoms with Crippen molar-refractivity contribution < 1.29 is 4.79 Å². The number of H-pyrrole nitrogens is 1. The zero-order chi connectivity index (χ0) is 10.8. The maximum atomic E-state index is 11.7. The summed E-state index contributed by atoms with van der Waals surface area (Å²) in [4.78, 5) is 16.3. The second kappa shape index (κ2) is 4.11. The predicted octanol–water partition coefficient (Wildman–Crippen LogP) is 2.19. The third-order valence-corrected chi connectivity index (χ3v) is 3.48. The van der Waals surface area contributed by atoms with E-state index in [0.717, 1.165) is 4.47 Å². The average molecular weight is 287 g/mol. The van der Waals surface area contributed by atoms with Gasteiger partial charge in [-0.1, -0.05) is 0 Å². The average Bonchev–Trinajstić information content (AvgIpc) is 2.75. The van der Waals surface area contributed by atoms with Gasteiger partial charge >= 0.3 is 0 Å². The van der Waals surface area contributed by atoms with E-state index in [4.69, 9.17) is 0 Å². The first-order valence-electron chi connectivity index (χ1n) is 4.10. The van der Waals surface area contributed by atoms with Crippen molar-refractivity contribution >= 4 is 39.1 Å². The van der Waals surface area contributed by atoms with Crippen LogP contribution in [0.5, 0.6) is 0 Å². The van der Waals surface area contributed by atoms with Gasteiger partial charge in [0.2, 0.25) is 5.95 Å². The summed E-state index contributed by atoms with van der Waals surface area (Å²) in [5, 5.41) is 10.9. The number of anilines is 1. The van der Waals surface area contributed by atoms with Crippen LogP contribution in [0.2, 0.25) is 0 Å². The molecule has 0 aromatic carbocycles. The van der Waals surface area contributed by atoms with Crippen molar-refractivity contribution in [3.05, 3.63) is 26.6 Å². The molecular weight excluding hydrogens is 280 g/mol. The van der Waals surface area contributed by atoms with Crippen molar-refractivity contribution in [3.63, 3.8) is 0 Å². The lowest BCUT2D eigenvalue weighted by Crippen LogP contribution is -2.11. The fourth-order valence-corrected chi connectivity index (χ4v) is 2.46. The molecule has 0 bridgehead atoms. The summed E-state index contributed by atoms with van der Waals surface area (Å²) >= 11 is 4.65. The fourth-order valence-electron chi connectivity index (χ4n) is 1.01. The highest BCUT2D eigenvalue weighted by atomic mass is 79.9. The molecule has 2 N–H and O–H groups in total. The Morgan fingerprint density at radius 2 is 2.47 bits per heavy atom. The Balaban J connectivity index is 2.14. The zero-order valence-electron chi connectivity index (χ0n) is 7.74. The molecule has 0 fully saturated rings. The maximum Gasteiger partial charge on any atom is 0.269 e. The molecule has 2 heterocycles. The van der Waals surface area contributed by atoms with Gasteiger partial charge in [-0.3, -0.25) is 15.2 Å². The molecule has 15 heavy (non-hydrogen) atoms. The Hall–Kier alpha value is -1.21. The Morgan fingerprint density at radius 1 is 1.67 bits per heavy atom. The number of nitrogens with zero attached hydrogens (tertiary/aromatic N) is 2. The first kappa shape index (κ1) is 10.3. The van der Waals surface area contributed by atoms with E-state index in [-0.39, 0.29) is 11.9 Å². The van der Waals surface area contributed by atoms with Gasteiger partial charge in [-0.05, 0) is 34.3 Å². The lowest BCUT2D eigenvalue weighted by atomic mass is 10.4. The van der Waals surface area contributed by atoms with Crippen LogP contribution in [0.1, 0.15) is 15.5 Å². The van der Waals surface area contributed by atoms with Gasteiger partial charge in [0.05, 0.1) is 0 Å². The summed E-state index contributed by atoms with van der Waals surface area (Å²) in [6.07, 6.45) is 0. The normalized spacial score (nSPS) is 10.3. The van der Waals surface area contributed by atoms with Crippen molar-refractivity contribution in [2.24, 2.45) is 0 Å². The Labute approximate surface area is 98.1 Å². The number of aromatic nitrogens is 3. The second-order valence-corrected chi connectivity index (χ2v) is 4.57. The third-order valence-electron chi connectivity index (χ3n) is 1.65. The van der Waals surface area contributed by atoms with Crippen LogP contribution in [0.3, 0.4) is 0 Å². The van der Waals surface area contributed by atoms with Crippen LogP contribution in [0.4, 0.5) is 5.95 Å². The van der Waals surface area contributed by atoms with Crippen molar-refractivity contribution in [1.82, 2.24) is 15.2 Å². The van der Waals surface area contributed by atoms with Crippen LogP contribution in [0.15, 0.2) is 15.9 Å². The summed E-state index contributed by atoms with van der Waals surface area (Å²) in [6, 6.07) is 1.82. The molecule has 7 heteroatoms. The van der Waals surface area contributed by atoms with Crippen LogP contribution < -0.4 is 5.32 Å². The number of thiophene rings is 1. The molecule has 2 rings (SSSR count). The highest BCUT2D eigenvalue weighted by Gasteiger charge is 2.13. The molecular formula is C8H7BrN4OS. The van der Waals surface area contributed by atoms with Crippen LogP contribution in [-0.2, 0) is 0 Å². The molecule has 0 saturated carbocycles. The maximum absolute atomic E-state index is 11.7. The van der Waals surface area contributed by atoms with Gasteiger partial charge in [-0.2, -0.15) is 4.98 Å². The first-order valence-corrected chi connectivity index (χ1v) is 5.77. The van der Waals surface area contributed by atoms with Gasteiger partial charge in [0.1, 0.15) is 10.7 Å². The quantitative estimate of drug-likeness (QED) is 0.889. The summed E-state index contributed by atoms with van der Waals surface area (Å²) in [6.45, 7) is 1.77. The van der Waals surface area contributed by atoms with E-state index in [1.165, 1.54) is 11.3 Å². The predicted molar refractivity (Wildman–Crippen MR) is 61.1 cm³/mol. The molecule has 0 atom stereocenters. The molecule has 78 valence electrons. The van der Waals surface area contributed by atoms with Crippen molar-refractivity contribution in [1.29, 1.82) is 0 Å². The van der Waals surface area contributed by atoms with E-state index in [2.05, 4.69) is 36.4 Å². The number of aromatic amines is 1. The van der Waals surface area contributed by atoms with Gasteiger partial charge in [-0.15, -0.1) is 16.4 Å². The second-order valence-electron chi connectivity index (χ2n) is 2.80. The summed E-state index contributed by atoms with van der Waals surface area (Å²) < 4.78 is 0.775. The number of hydrogen-bond acceptors (Lipinski definition) is 4. The number of hydrogen-bond donors (Lipinski definition) is 2. The molecule has 0 spiro atoms. The van der Waals surface area contributed by atoms with Crippen LogP contribution in [0, 0.1) is 6.92 Å². The molecule has 2 aromatic heterocycles. The van der Waals surface area contributed by atoms with Gasteiger partial charge in [0.25, 0.3) is 5.91 Å². The number of carbonyl (C=O) groups is 1. The summed E-state index contributed by atoms with van der Waals surface area (Å²) in [5.74, 6) is 0.740. The minimum Gasteiger partial charge on any atom is -0.288 e. The van der Waals surface area contributed by atoms with Gasteiger partial charge in [0, 0.05) is 4.47 Å². The van der Waals surface area contributed by atoms with Gasteiger partial charge < -0.3 is 0 Å². The molecule has 5 nitrogen and oxygen atoms in total. The van der Waals surface area contributed by atoms with Gasteiger partial charge in [-0.25, -0.2) is 0 Å². The number of nitrogens with one attached hydrogen (secondary N) is 2. The van der Waals surface area contributed by atoms with Crippen molar-refractivity contribution in [2.45, 2.75) is 6.92 Å². The first-order chi connectivity index (χ1) is 7.16. The van der Waals surface area contributed by atoms with E-state index in [1.807, 2.05) is 11.4 Å². The zero-order valence-corrected chi connectivity index (χ0v) is 10.1. The molecule has 0 aliphatic heterocycles. The molecule has 1 amide bonds. The number of aryl methyl sites for hydroxylation is 1. The monoisotopic (exact) mass is 286 g/mol. The summed E-state index contributed by atoms with van der Waals surface area (Å²) in [7, 11) is 0. The summed E-state index contributed by atoms with van der Waals surface area (Å²) in [5.41, 5.74) is 0.